The van der Waals surface area contributed by atoms with Gasteiger partial charge in [-0.05, 0) is 43.5 Å². The van der Waals surface area contributed by atoms with Gasteiger partial charge in [-0.15, -0.1) is 0 Å². The van der Waals surface area contributed by atoms with Crippen molar-refractivity contribution in [3.63, 3.8) is 0 Å². The maximum Gasteiger partial charge on any atom is 0.307 e. The average Bonchev–Trinajstić information content (AvgIpc) is 2.86. The summed E-state index contributed by atoms with van der Waals surface area (Å²) in [7, 11) is -1.15. The second-order valence-electron chi connectivity index (χ2n) is 8.36. The lowest BCUT2D eigenvalue weighted by Gasteiger charge is -2.32. The number of hydrogen-bond donors (Lipinski definition) is 0. The molecule has 0 bridgehead atoms. The molecule has 0 N–H and O–H groups in total. The number of hydrogen-bond acceptors (Lipinski definition) is 6. The number of carbonyl (C=O) groups excluding carboxylic acids is 2. The van der Waals surface area contributed by atoms with Crippen molar-refractivity contribution in [3.05, 3.63) is 59.7 Å². The molecule has 1 aliphatic heterocycles. The topological polar surface area (TPSA) is 93.2 Å². The van der Waals surface area contributed by atoms with Gasteiger partial charge in [0.1, 0.15) is 10.6 Å². The second-order valence-corrected chi connectivity index (χ2v) is 10.2. The molecule has 1 amide bonds. The van der Waals surface area contributed by atoms with Crippen LogP contribution in [0.15, 0.2) is 53.4 Å². The lowest BCUT2D eigenvalue weighted by Crippen LogP contribution is -2.42. The molecule has 1 heterocycles. The molecule has 3 rings (SSSR count). The van der Waals surface area contributed by atoms with E-state index < -0.39 is 16.0 Å². The van der Waals surface area contributed by atoms with Gasteiger partial charge in [-0.25, -0.2) is 8.42 Å². The van der Waals surface area contributed by atoms with Crippen LogP contribution in [-0.2, 0) is 26.1 Å². The molecule has 0 spiro atoms. The fourth-order valence-corrected chi connectivity index (χ4v) is 6.02. The summed E-state index contributed by atoms with van der Waals surface area (Å²) in [6, 6.07) is 13.7. The van der Waals surface area contributed by atoms with Crippen LogP contribution >= 0.6 is 0 Å². The molecule has 2 aromatic rings. The van der Waals surface area contributed by atoms with Gasteiger partial charge < -0.3 is 14.4 Å². The van der Waals surface area contributed by atoms with E-state index in [1.165, 1.54) is 35.6 Å². The standard InChI is InChI=1S/C25H32N2O6S/c1-19-9-7-8-15-27(19)34(30,31)23-17-21(12-13-22(23)32-2)25(29)26(16-14-24(28)33-3)18-20-10-5-4-6-11-20/h4-6,10-13,17,19H,7-9,14-16,18H2,1-3H3. The first-order chi connectivity index (χ1) is 16.3. The lowest BCUT2D eigenvalue weighted by atomic mass is 10.1. The Bertz CT molecular complexity index is 1100. The highest BCUT2D eigenvalue weighted by molar-refractivity contribution is 7.89. The van der Waals surface area contributed by atoms with Crippen LogP contribution in [-0.4, -0.2) is 62.9 Å². The quantitative estimate of drug-likeness (QED) is 0.502. The number of carbonyl (C=O) groups is 2. The minimum Gasteiger partial charge on any atom is -0.495 e. The van der Waals surface area contributed by atoms with Gasteiger partial charge in [-0.1, -0.05) is 36.8 Å². The SMILES string of the molecule is COC(=O)CCN(Cc1ccccc1)C(=O)c1ccc(OC)c(S(=O)(=O)N2CCCCC2C)c1. The average molecular weight is 489 g/mol. The Hall–Kier alpha value is -2.91. The molecule has 1 atom stereocenters. The smallest absolute Gasteiger partial charge is 0.307 e. The number of nitrogens with zero attached hydrogens (tertiary/aromatic N) is 2. The number of piperidine rings is 1. The van der Waals surface area contributed by atoms with Crippen molar-refractivity contribution in [3.8, 4) is 5.75 Å². The normalized spacial score (nSPS) is 16.6. The molecule has 0 saturated carbocycles. The summed E-state index contributed by atoms with van der Waals surface area (Å²) in [5, 5.41) is 0. The predicted octanol–water partition coefficient (Wildman–Crippen LogP) is 3.46. The van der Waals surface area contributed by atoms with E-state index in [0.717, 1.165) is 24.8 Å². The Morgan fingerprint density at radius 1 is 1.09 bits per heavy atom. The number of rotatable bonds is 9. The summed E-state index contributed by atoms with van der Waals surface area (Å²) >= 11 is 0. The highest BCUT2D eigenvalue weighted by Gasteiger charge is 2.34. The van der Waals surface area contributed by atoms with E-state index in [4.69, 9.17) is 9.47 Å². The molecule has 34 heavy (non-hydrogen) atoms. The van der Waals surface area contributed by atoms with Crippen molar-refractivity contribution in [1.29, 1.82) is 0 Å². The van der Waals surface area contributed by atoms with Gasteiger partial charge in [0.2, 0.25) is 10.0 Å². The maximum atomic E-state index is 13.5. The van der Waals surface area contributed by atoms with Crippen LogP contribution in [0.25, 0.3) is 0 Å². The fourth-order valence-electron chi connectivity index (χ4n) is 4.13. The number of methoxy groups -OCH3 is 2. The zero-order valence-corrected chi connectivity index (χ0v) is 20.7. The van der Waals surface area contributed by atoms with E-state index in [1.54, 1.807) is 6.07 Å². The summed E-state index contributed by atoms with van der Waals surface area (Å²) in [5.41, 5.74) is 1.11. The van der Waals surface area contributed by atoms with Crippen LogP contribution < -0.4 is 4.74 Å². The van der Waals surface area contributed by atoms with Crippen molar-refractivity contribution >= 4 is 21.9 Å². The zero-order chi connectivity index (χ0) is 24.7. The molecule has 1 saturated heterocycles. The summed E-state index contributed by atoms with van der Waals surface area (Å²) in [4.78, 5) is 26.7. The molecule has 1 fully saturated rings. The molecule has 0 radical (unpaired) electrons. The van der Waals surface area contributed by atoms with Crippen molar-refractivity contribution in [2.75, 3.05) is 27.3 Å². The number of amides is 1. The Kier molecular flexibility index (Phi) is 8.68. The van der Waals surface area contributed by atoms with E-state index in [2.05, 4.69) is 0 Å². The molecule has 0 aliphatic carbocycles. The lowest BCUT2D eigenvalue weighted by molar-refractivity contribution is -0.140. The number of benzene rings is 2. The summed E-state index contributed by atoms with van der Waals surface area (Å²) < 4.78 is 38.6. The Morgan fingerprint density at radius 3 is 2.47 bits per heavy atom. The van der Waals surface area contributed by atoms with Crippen LogP contribution in [0.5, 0.6) is 5.75 Å². The third kappa shape index (κ3) is 5.95. The van der Waals surface area contributed by atoms with Crippen LogP contribution in [0.1, 0.15) is 48.5 Å². The molecular formula is C25H32N2O6S. The Morgan fingerprint density at radius 2 is 1.82 bits per heavy atom. The predicted molar refractivity (Wildman–Crippen MR) is 128 cm³/mol. The minimum atomic E-state index is -3.86. The van der Waals surface area contributed by atoms with Gasteiger partial charge in [-0.3, -0.25) is 9.59 Å². The fraction of sp³-hybridized carbons (Fsp3) is 0.440. The number of sulfonamides is 1. The number of ether oxygens (including phenoxy) is 2. The Labute approximate surface area is 201 Å². The van der Waals surface area contributed by atoms with Crippen molar-refractivity contribution in [1.82, 2.24) is 9.21 Å². The van der Waals surface area contributed by atoms with Gasteiger partial charge in [0.15, 0.2) is 0 Å². The molecule has 8 nitrogen and oxygen atoms in total. The van der Waals surface area contributed by atoms with Crippen LogP contribution in [0.3, 0.4) is 0 Å². The maximum absolute atomic E-state index is 13.5. The van der Waals surface area contributed by atoms with E-state index in [1.807, 2.05) is 37.3 Å². The molecule has 1 aliphatic rings. The van der Waals surface area contributed by atoms with Crippen molar-refractivity contribution in [2.24, 2.45) is 0 Å². The highest BCUT2D eigenvalue weighted by atomic mass is 32.2. The summed E-state index contributed by atoms with van der Waals surface area (Å²) in [6.45, 7) is 2.74. The second kappa shape index (κ2) is 11.5. The molecule has 1 unspecified atom stereocenters. The highest BCUT2D eigenvalue weighted by Crippen LogP contribution is 2.32. The monoisotopic (exact) mass is 488 g/mol. The first-order valence-corrected chi connectivity index (χ1v) is 12.8. The van der Waals surface area contributed by atoms with Gasteiger partial charge in [0, 0.05) is 31.2 Å². The van der Waals surface area contributed by atoms with Gasteiger partial charge >= 0.3 is 5.97 Å². The van der Waals surface area contributed by atoms with Gasteiger partial charge in [0.05, 0.1) is 20.6 Å². The van der Waals surface area contributed by atoms with E-state index in [-0.39, 0.29) is 47.7 Å². The zero-order valence-electron chi connectivity index (χ0n) is 19.9. The molecule has 9 heteroatoms. The minimum absolute atomic E-state index is 0.0257. The van der Waals surface area contributed by atoms with E-state index in [9.17, 15) is 18.0 Å². The first-order valence-electron chi connectivity index (χ1n) is 11.4. The van der Waals surface area contributed by atoms with Crippen LogP contribution in [0, 0.1) is 0 Å². The Balaban J connectivity index is 1.95. The molecular weight excluding hydrogens is 456 g/mol. The molecule has 2 aromatic carbocycles. The third-order valence-corrected chi connectivity index (χ3v) is 8.09. The molecule has 0 aromatic heterocycles. The van der Waals surface area contributed by atoms with Crippen LogP contribution in [0.2, 0.25) is 0 Å². The van der Waals surface area contributed by atoms with E-state index in [0.29, 0.717) is 6.54 Å². The van der Waals surface area contributed by atoms with Crippen LogP contribution in [0.4, 0.5) is 0 Å². The summed E-state index contributed by atoms with van der Waals surface area (Å²) in [6.07, 6.45) is 2.60. The molecule has 184 valence electrons. The van der Waals surface area contributed by atoms with Crippen molar-refractivity contribution < 1.29 is 27.5 Å². The summed E-state index contributed by atoms with van der Waals surface area (Å²) in [5.74, 6) is -0.611. The number of esters is 1. The first kappa shape index (κ1) is 25.7. The third-order valence-electron chi connectivity index (χ3n) is 6.06. The van der Waals surface area contributed by atoms with Crippen molar-refractivity contribution in [2.45, 2.75) is 50.1 Å². The largest absolute Gasteiger partial charge is 0.495 e. The van der Waals surface area contributed by atoms with Gasteiger partial charge in [-0.2, -0.15) is 4.31 Å². The van der Waals surface area contributed by atoms with Gasteiger partial charge in [0.25, 0.3) is 5.91 Å². The van der Waals surface area contributed by atoms with E-state index >= 15 is 0 Å².